The zero-order valence-corrected chi connectivity index (χ0v) is 13.6. The first-order chi connectivity index (χ1) is 11.7. The first kappa shape index (κ1) is 14.4. The van der Waals surface area contributed by atoms with E-state index in [9.17, 15) is 0 Å². The molecule has 0 amide bonds. The van der Waals surface area contributed by atoms with E-state index in [0.29, 0.717) is 0 Å². The lowest BCUT2D eigenvalue weighted by Crippen LogP contribution is -2.00. The maximum Gasteiger partial charge on any atom is 0.154 e. The summed E-state index contributed by atoms with van der Waals surface area (Å²) in [6.45, 7) is 1.98. The first-order valence-electron chi connectivity index (χ1n) is 7.79. The molecule has 0 radical (unpaired) electrons. The van der Waals surface area contributed by atoms with Crippen LogP contribution in [-0.4, -0.2) is 26.8 Å². The van der Waals surface area contributed by atoms with Gasteiger partial charge in [-0.05, 0) is 36.8 Å². The number of aromatic nitrogens is 4. The van der Waals surface area contributed by atoms with E-state index in [1.54, 1.807) is 0 Å². The number of nitrogens with one attached hydrogen (secondary N) is 1. The Balaban J connectivity index is 1.87. The van der Waals surface area contributed by atoms with Crippen LogP contribution in [0.4, 0.5) is 5.69 Å². The predicted molar refractivity (Wildman–Crippen MR) is 96.4 cm³/mol. The van der Waals surface area contributed by atoms with Crippen LogP contribution >= 0.6 is 0 Å². The number of fused-ring (bicyclic) bond motifs is 1. The molecule has 0 unspecified atom stereocenters. The monoisotopic (exact) mass is 315 g/mol. The lowest BCUT2D eigenvalue weighted by Gasteiger charge is -2.07. The van der Waals surface area contributed by atoms with Crippen LogP contribution in [0.3, 0.4) is 0 Å². The normalized spacial score (nSPS) is 10.9. The largest absolute Gasteiger partial charge is 0.387 e. The number of nitrogens with zero attached hydrogens (tertiary/aromatic N) is 4. The van der Waals surface area contributed by atoms with E-state index >= 15 is 0 Å². The van der Waals surface area contributed by atoms with Crippen molar-refractivity contribution in [1.82, 2.24) is 19.7 Å². The summed E-state index contributed by atoms with van der Waals surface area (Å²) >= 11 is 0. The number of aryl methyl sites for hydroxylation is 1. The van der Waals surface area contributed by atoms with Gasteiger partial charge in [-0.15, -0.1) is 0 Å². The quantitative estimate of drug-likeness (QED) is 0.624. The zero-order valence-electron chi connectivity index (χ0n) is 13.6. The van der Waals surface area contributed by atoms with Gasteiger partial charge in [-0.3, -0.25) is 4.98 Å². The van der Waals surface area contributed by atoms with Crippen LogP contribution in [0.5, 0.6) is 0 Å². The summed E-state index contributed by atoms with van der Waals surface area (Å²) in [6.07, 6.45) is 5.54. The Morgan fingerprint density at radius 2 is 1.88 bits per heavy atom. The standard InChI is InChI=1S/C19H17N5/c1-13-4-3-5-19(23-13)24-18-9-14(6-7-15(18)11-22-24)16-8-17(20-2)12-21-10-16/h3-12,20H,1-2H3. The summed E-state index contributed by atoms with van der Waals surface area (Å²) in [5.41, 5.74) is 5.15. The summed E-state index contributed by atoms with van der Waals surface area (Å²) in [5.74, 6) is 0.823. The second-order valence-corrected chi connectivity index (χ2v) is 5.68. The lowest BCUT2D eigenvalue weighted by molar-refractivity contribution is 0.867. The van der Waals surface area contributed by atoms with Gasteiger partial charge in [0.1, 0.15) is 0 Å². The fourth-order valence-corrected chi connectivity index (χ4v) is 2.76. The molecule has 3 heterocycles. The molecule has 0 bridgehead atoms. The van der Waals surface area contributed by atoms with Crippen molar-refractivity contribution in [2.45, 2.75) is 6.92 Å². The number of rotatable bonds is 3. The van der Waals surface area contributed by atoms with Crippen LogP contribution in [0.15, 0.2) is 61.1 Å². The second kappa shape index (κ2) is 5.77. The van der Waals surface area contributed by atoms with Gasteiger partial charge in [0.15, 0.2) is 5.82 Å². The van der Waals surface area contributed by atoms with Crippen molar-refractivity contribution >= 4 is 16.6 Å². The van der Waals surface area contributed by atoms with Gasteiger partial charge < -0.3 is 5.32 Å². The molecule has 1 N–H and O–H groups in total. The average molecular weight is 315 g/mol. The summed E-state index contributed by atoms with van der Waals surface area (Å²) in [4.78, 5) is 8.87. The van der Waals surface area contributed by atoms with Gasteiger partial charge in [0.25, 0.3) is 0 Å². The molecule has 1 aromatic carbocycles. The minimum atomic E-state index is 0.823. The predicted octanol–water partition coefficient (Wildman–Crippen LogP) is 3.83. The number of anilines is 1. The highest BCUT2D eigenvalue weighted by Gasteiger charge is 2.08. The Hall–Kier alpha value is -3.21. The molecule has 4 rings (SSSR count). The number of benzene rings is 1. The number of hydrogen-bond donors (Lipinski definition) is 1. The Kier molecular flexibility index (Phi) is 3.46. The Morgan fingerprint density at radius 3 is 2.71 bits per heavy atom. The van der Waals surface area contributed by atoms with Gasteiger partial charge in [0.05, 0.1) is 17.4 Å². The van der Waals surface area contributed by atoms with E-state index in [0.717, 1.165) is 39.2 Å². The van der Waals surface area contributed by atoms with Crippen molar-refractivity contribution in [1.29, 1.82) is 0 Å². The molecule has 0 aliphatic heterocycles. The van der Waals surface area contributed by atoms with Gasteiger partial charge >= 0.3 is 0 Å². The highest BCUT2D eigenvalue weighted by atomic mass is 15.3. The van der Waals surface area contributed by atoms with E-state index in [-0.39, 0.29) is 0 Å². The third kappa shape index (κ3) is 2.50. The molecule has 0 saturated heterocycles. The van der Waals surface area contributed by atoms with Gasteiger partial charge in [0.2, 0.25) is 0 Å². The number of hydrogen-bond acceptors (Lipinski definition) is 4. The molecule has 0 saturated carbocycles. The van der Waals surface area contributed by atoms with Crippen molar-refractivity contribution in [3.63, 3.8) is 0 Å². The van der Waals surface area contributed by atoms with Crippen molar-refractivity contribution in [2.75, 3.05) is 12.4 Å². The van der Waals surface area contributed by atoms with E-state index in [1.165, 1.54) is 0 Å². The van der Waals surface area contributed by atoms with Crippen molar-refractivity contribution < 1.29 is 0 Å². The highest BCUT2D eigenvalue weighted by molar-refractivity contribution is 5.85. The molecule has 0 spiro atoms. The molecule has 3 aromatic heterocycles. The lowest BCUT2D eigenvalue weighted by atomic mass is 10.1. The second-order valence-electron chi connectivity index (χ2n) is 5.68. The maximum atomic E-state index is 4.57. The Labute approximate surface area is 140 Å². The fraction of sp³-hybridized carbons (Fsp3) is 0.105. The third-order valence-corrected chi connectivity index (χ3v) is 4.02. The van der Waals surface area contributed by atoms with Gasteiger partial charge in [-0.25, -0.2) is 9.67 Å². The summed E-state index contributed by atoms with van der Waals surface area (Å²) < 4.78 is 1.88. The summed E-state index contributed by atoms with van der Waals surface area (Å²) in [5, 5.41) is 8.71. The van der Waals surface area contributed by atoms with E-state index in [2.05, 4.69) is 44.6 Å². The Bertz CT molecular complexity index is 1020. The van der Waals surface area contributed by atoms with Crippen molar-refractivity contribution in [3.05, 3.63) is 66.7 Å². The van der Waals surface area contributed by atoms with Crippen molar-refractivity contribution in [3.8, 4) is 16.9 Å². The van der Waals surface area contributed by atoms with Crippen LogP contribution in [0.25, 0.3) is 27.8 Å². The van der Waals surface area contributed by atoms with E-state index in [4.69, 9.17) is 0 Å². The third-order valence-electron chi connectivity index (χ3n) is 4.02. The highest BCUT2D eigenvalue weighted by Crippen LogP contribution is 2.26. The first-order valence-corrected chi connectivity index (χ1v) is 7.79. The summed E-state index contributed by atoms with van der Waals surface area (Å²) in [6, 6.07) is 14.3. The summed E-state index contributed by atoms with van der Waals surface area (Å²) in [7, 11) is 1.89. The van der Waals surface area contributed by atoms with Crippen LogP contribution in [0, 0.1) is 6.92 Å². The molecule has 0 aliphatic rings. The van der Waals surface area contributed by atoms with Gasteiger partial charge in [-0.2, -0.15) is 5.10 Å². The van der Waals surface area contributed by atoms with Crippen LogP contribution in [-0.2, 0) is 0 Å². The molecule has 5 nitrogen and oxygen atoms in total. The average Bonchev–Trinajstić information content (AvgIpc) is 3.05. The minimum absolute atomic E-state index is 0.823. The molecular formula is C19H17N5. The molecule has 5 heteroatoms. The molecule has 24 heavy (non-hydrogen) atoms. The Morgan fingerprint density at radius 1 is 0.958 bits per heavy atom. The van der Waals surface area contributed by atoms with Gasteiger partial charge in [-0.1, -0.05) is 18.2 Å². The van der Waals surface area contributed by atoms with Gasteiger partial charge in [0, 0.05) is 36.1 Å². The molecule has 118 valence electrons. The SMILES string of the molecule is CNc1cncc(-c2ccc3cnn(-c4cccc(C)n4)c3c2)c1. The van der Waals surface area contributed by atoms with E-state index in [1.807, 2.05) is 55.4 Å². The molecule has 0 atom stereocenters. The van der Waals surface area contributed by atoms with E-state index < -0.39 is 0 Å². The number of pyridine rings is 2. The van der Waals surface area contributed by atoms with Crippen LogP contribution in [0.1, 0.15) is 5.69 Å². The molecule has 0 aliphatic carbocycles. The van der Waals surface area contributed by atoms with Crippen LogP contribution in [0.2, 0.25) is 0 Å². The maximum absolute atomic E-state index is 4.57. The topological polar surface area (TPSA) is 55.6 Å². The zero-order chi connectivity index (χ0) is 16.5. The molecule has 0 fully saturated rings. The van der Waals surface area contributed by atoms with Crippen LogP contribution < -0.4 is 5.32 Å². The minimum Gasteiger partial charge on any atom is -0.387 e. The smallest absolute Gasteiger partial charge is 0.154 e. The molecular weight excluding hydrogens is 298 g/mol. The fourth-order valence-electron chi connectivity index (χ4n) is 2.76. The van der Waals surface area contributed by atoms with Crippen molar-refractivity contribution in [2.24, 2.45) is 0 Å². The molecule has 4 aromatic rings.